The summed E-state index contributed by atoms with van der Waals surface area (Å²) in [6.45, 7) is 3.47. The molecular formula is C22H28FN3O7S. The highest BCUT2D eigenvalue weighted by molar-refractivity contribution is 7.92. The Hall–Kier alpha value is -3.54. The van der Waals surface area contributed by atoms with Crippen molar-refractivity contribution in [2.45, 2.75) is 19.9 Å². The Morgan fingerprint density at radius 1 is 0.971 bits per heavy atom. The van der Waals surface area contributed by atoms with Gasteiger partial charge in [-0.1, -0.05) is 13.8 Å². The average Bonchev–Trinajstić information content (AvgIpc) is 2.76. The molecule has 0 aliphatic carbocycles. The van der Waals surface area contributed by atoms with Crippen LogP contribution in [0.3, 0.4) is 0 Å². The number of carbonyl (C=O) groups excluding carboxylic acids is 2. The normalized spacial score (nSPS) is 12.0. The molecule has 2 rings (SSSR count). The van der Waals surface area contributed by atoms with Crippen molar-refractivity contribution in [1.29, 1.82) is 0 Å². The summed E-state index contributed by atoms with van der Waals surface area (Å²) in [5, 5.41) is 5.24. The summed E-state index contributed by atoms with van der Waals surface area (Å²) in [7, 11) is 0.540. The zero-order valence-corrected chi connectivity index (χ0v) is 20.5. The third-order valence-corrected chi connectivity index (χ3v) is 5.28. The first-order valence-corrected chi connectivity index (χ1v) is 12.0. The van der Waals surface area contributed by atoms with Gasteiger partial charge in [0.2, 0.25) is 21.7 Å². The van der Waals surface area contributed by atoms with E-state index in [1.807, 2.05) is 4.72 Å². The lowest BCUT2D eigenvalue weighted by Gasteiger charge is -2.22. The molecule has 186 valence electrons. The first kappa shape index (κ1) is 26.7. The molecule has 0 aliphatic heterocycles. The molecule has 10 nitrogen and oxygen atoms in total. The molecule has 0 heterocycles. The van der Waals surface area contributed by atoms with Crippen LogP contribution in [0.2, 0.25) is 0 Å². The predicted molar refractivity (Wildman–Crippen MR) is 126 cm³/mol. The van der Waals surface area contributed by atoms with Crippen LogP contribution in [0.4, 0.5) is 15.8 Å². The second kappa shape index (κ2) is 11.1. The number of rotatable bonds is 10. The monoisotopic (exact) mass is 497 g/mol. The van der Waals surface area contributed by atoms with Gasteiger partial charge in [-0.25, -0.2) is 12.8 Å². The fourth-order valence-electron chi connectivity index (χ4n) is 3.07. The fourth-order valence-corrected chi connectivity index (χ4v) is 3.63. The molecule has 3 N–H and O–H groups in total. The number of hydrogen-bond donors (Lipinski definition) is 3. The van der Waals surface area contributed by atoms with Crippen LogP contribution in [-0.4, -0.2) is 53.9 Å². The Bertz CT molecular complexity index is 1140. The van der Waals surface area contributed by atoms with Crippen LogP contribution in [0, 0.1) is 11.7 Å². The summed E-state index contributed by atoms with van der Waals surface area (Å²) in [6, 6.07) is 5.38. The van der Waals surface area contributed by atoms with Gasteiger partial charge in [0.05, 0.1) is 33.3 Å². The Morgan fingerprint density at radius 2 is 1.56 bits per heavy atom. The van der Waals surface area contributed by atoms with E-state index < -0.39 is 33.7 Å². The van der Waals surface area contributed by atoms with Gasteiger partial charge in [-0.15, -0.1) is 0 Å². The lowest BCUT2D eigenvalue weighted by molar-refractivity contribution is -0.118. The van der Waals surface area contributed by atoms with Crippen LogP contribution in [0.15, 0.2) is 30.3 Å². The van der Waals surface area contributed by atoms with Crippen molar-refractivity contribution in [2.24, 2.45) is 5.92 Å². The van der Waals surface area contributed by atoms with Crippen LogP contribution in [0.5, 0.6) is 17.2 Å². The average molecular weight is 498 g/mol. The summed E-state index contributed by atoms with van der Waals surface area (Å²) in [6.07, 6.45) is 0.880. The van der Waals surface area contributed by atoms with E-state index in [1.54, 1.807) is 13.8 Å². The van der Waals surface area contributed by atoms with E-state index in [0.717, 1.165) is 18.4 Å². The molecule has 0 radical (unpaired) electrons. The van der Waals surface area contributed by atoms with E-state index >= 15 is 0 Å². The van der Waals surface area contributed by atoms with Crippen molar-refractivity contribution in [3.05, 3.63) is 41.7 Å². The zero-order chi connectivity index (χ0) is 25.6. The number of anilines is 2. The summed E-state index contributed by atoms with van der Waals surface area (Å²) in [5.74, 6) is -1.40. The lowest BCUT2D eigenvalue weighted by Crippen LogP contribution is -2.47. The molecule has 0 saturated heterocycles. The highest BCUT2D eigenvalue weighted by Gasteiger charge is 2.26. The Labute approximate surface area is 197 Å². The van der Waals surface area contributed by atoms with E-state index in [0.29, 0.717) is 5.75 Å². The highest BCUT2D eigenvalue weighted by Crippen LogP contribution is 2.38. The number of hydrogen-bond acceptors (Lipinski definition) is 7. The number of amides is 2. The number of ether oxygens (including phenoxy) is 3. The molecule has 0 aromatic heterocycles. The number of carbonyl (C=O) groups is 2. The van der Waals surface area contributed by atoms with Gasteiger partial charge in [-0.05, 0) is 36.2 Å². The minimum Gasteiger partial charge on any atom is -0.493 e. The Morgan fingerprint density at radius 3 is 2.03 bits per heavy atom. The SMILES string of the molecule is COc1cc(C(=O)N[C@@H](C(=O)Nc2ccc(F)c(NS(C)(=O)=O)c2)C(C)C)cc(OC)c1OC. The van der Waals surface area contributed by atoms with Gasteiger partial charge in [-0.2, -0.15) is 0 Å². The Balaban J connectivity index is 2.27. The number of methoxy groups -OCH3 is 3. The van der Waals surface area contributed by atoms with Crippen molar-refractivity contribution in [3.63, 3.8) is 0 Å². The predicted octanol–water partition coefficient (Wildman–Crippen LogP) is 2.62. The van der Waals surface area contributed by atoms with Gasteiger partial charge < -0.3 is 24.8 Å². The minimum absolute atomic E-state index is 0.144. The van der Waals surface area contributed by atoms with E-state index in [4.69, 9.17) is 14.2 Å². The second-order valence-corrected chi connectivity index (χ2v) is 9.42. The van der Waals surface area contributed by atoms with Gasteiger partial charge in [0.25, 0.3) is 5.91 Å². The number of halogens is 1. The molecule has 2 aromatic rings. The third kappa shape index (κ3) is 6.73. The van der Waals surface area contributed by atoms with Crippen molar-refractivity contribution in [2.75, 3.05) is 37.6 Å². The van der Waals surface area contributed by atoms with Crippen LogP contribution >= 0.6 is 0 Å². The quantitative estimate of drug-likeness (QED) is 0.460. The molecule has 12 heteroatoms. The van der Waals surface area contributed by atoms with Crippen LogP contribution < -0.4 is 29.6 Å². The van der Waals surface area contributed by atoms with Crippen molar-refractivity contribution in [3.8, 4) is 17.2 Å². The highest BCUT2D eigenvalue weighted by atomic mass is 32.2. The lowest BCUT2D eigenvalue weighted by atomic mass is 10.0. The van der Waals surface area contributed by atoms with Crippen molar-refractivity contribution < 1.29 is 36.6 Å². The van der Waals surface area contributed by atoms with E-state index in [2.05, 4.69) is 10.6 Å². The summed E-state index contributed by atoms with van der Waals surface area (Å²) < 4.78 is 54.6. The molecule has 0 fully saturated rings. The summed E-state index contributed by atoms with van der Waals surface area (Å²) >= 11 is 0. The van der Waals surface area contributed by atoms with Crippen molar-refractivity contribution in [1.82, 2.24) is 5.32 Å². The molecule has 0 unspecified atom stereocenters. The standard InChI is InChI=1S/C22H28FN3O7S/c1-12(2)19(22(28)24-14-7-8-15(23)16(11-14)26-34(6,29)30)25-21(27)13-9-17(31-3)20(33-5)18(10-13)32-4/h7-12,19,26H,1-6H3,(H,24,28)(H,25,27)/t19-/m1/s1. The molecule has 0 aliphatic rings. The van der Waals surface area contributed by atoms with Gasteiger partial charge in [0.1, 0.15) is 11.9 Å². The van der Waals surface area contributed by atoms with E-state index in [9.17, 15) is 22.4 Å². The fraction of sp³-hybridized carbons (Fsp3) is 0.364. The zero-order valence-electron chi connectivity index (χ0n) is 19.7. The first-order chi connectivity index (χ1) is 15.9. The molecule has 0 spiro atoms. The molecule has 2 amide bonds. The van der Waals surface area contributed by atoms with Gasteiger partial charge >= 0.3 is 0 Å². The van der Waals surface area contributed by atoms with Crippen LogP contribution in [0.25, 0.3) is 0 Å². The van der Waals surface area contributed by atoms with E-state index in [-0.39, 0.29) is 34.4 Å². The van der Waals surface area contributed by atoms with Gasteiger partial charge in [-0.3, -0.25) is 14.3 Å². The minimum atomic E-state index is -3.73. The molecular weight excluding hydrogens is 469 g/mol. The molecule has 0 saturated carbocycles. The number of benzene rings is 2. The van der Waals surface area contributed by atoms with Crippen LogP contribution in [0.1, 0.15) is 24.2 Å². The molecule has 34 heavy (non-hydrogen) atoms. The number of nitrogens with one attached hydrogen (secondary N) is 3. The van der Waals surface area contributed by atoms with Crippen molar-refractivity contribution >= 4 is 33.2 Å². The maximum Gasteiger partial charge on any atom is 0.252 e. The van der Waals surface area contributed by atoms with Gasteiger partial charge in [0, 0.05) is 11.3 Å². The largest absolute Gasteiger partial charge is 0.493 e. The maximum absolute atomic E-state index is 13.9. The van der Waals surface area contributed by atoms with E-state index in [1.165, 1.54) is 39.5 Å². The van der Waals surface area contributed by atoms with Crippen LogP contribution in [-0.2, 0) is 14.8 Å². The third-order valence-electron chi connectivity index (χ3n) is 4.69. The summed E-state index contributed by atoms with van der Waals surface area (Å²) in [4.78, 5) is 25.9. The number of sulfonamides is 1. The topological polar surface area (TPSA) is 132 Å². The first-order valence-electron chi connectivity index (χ1n) is 10.1. The Kier molecular flexibility index (Phi) is 8.68. The van der Waals surface area contributed by atoms with Gasteiger partial charge in [0.15, 0.2) is 11.5 Å². The maximum atomic E-state index is 13.9. The molecule has 0 bridgehead atoms. The smallest absolute Gasteiger partial charge is 0.252 e. The molecule has 1 atom stereocenters. The summed E-state index contributed by atoms with van der Waals surface area (Å²) in [5.41, 5.74) is 0.00228. The second-order valence-electron chi connectivity index (χ2n) is 7.67. The molecule has 2 aromatic carbocycles.